The maximum atomic E-state index is 11.9. The van der Waals surface area contributed by atoms with Gasteiger partial charge in [-0.1, -0.05) is 6.92 Å². The molecule has 0 N–H and O–H groups in total. The van der Waals surface area contributed by atoms with Crippen molar-refractivity contribution in [1.82, 2.24) is 0 Å². The highest BCUT2D eigenvalue weighted by molar-refractivity contribution is 5.95. The molecule has 0 aliphatic heterocycles. The van der Waals surface area contributed by atoms with E-state index < -0.39 is 35.7 Å². The second-order valence-corrected chi connectivity index (χ2v) is 4.15. The van der Waals surface area contributed by atoms with Gasteiger partial charge >= 0.3 is 17.9 Å². The Labute approximate surface area is 118 Å². The molecule has 0 aromatic heterocycles. The number of carbonyl (C=O) groups excluding carboxylic acids is 3. The molecule has 0 rings (SSSR count). The summed E-state index contributed by atoms with van der Waals surface area (Å²) in [6.07, 6.45) is 5.29. The number of methoxy groups -OCH3 is 2. The molecule has 0 radical (unpaired) electrons. The minimum atomic E-state index is -1.22. The maximum absolute atomic E-state index is 11.9. The lowest BCUT2D eigenvalue weighted by atomic mass is 9.81. The molecule has 0 bridgehead atoms. The van der Waals surface area contributed by atoms with Crippen LogP contribution in [0.15, 0.2) is 0 Å². The first-order valence-electron chi connectivity index (χ1n) is 6.20. The molecule has 0 amide bonds. The predicted molar refractivity (Wildman–Crippen MR) is 70.3 cm³/mol. The van der Waals surface area contributed by atoms with Gasteiger partial charge in [-0.3, -0.25) is 14.4 Å². The standard InChI is InChI=1S/C14H20O6/c1-6-8-10(12(15)20-7-2)9(3)11(13(16)18-4)14(17)19-5/h1,9-11H,7-8H2,2-5H3/t9-,10+/m0/s1. The SMILES string of the molecule is C#CC[C@@H](C(=O)OCC)[C@H](C)C(C(=O)OC)C(=O)OC. The summed E-state index contributed by atoms with van der Waals surface area (Å²) in [5, 5.41) is 0. The zero-order valence-electron chi connectivity index (χ0n) is 12.2. The third kappa shape index (κ3) is 4.57. The second-order valence-electron chi connectivity index (χ2n) is 4.15. The van der Waals surface area contributed by atoms with Gasteiger partial charge in [0.25, 0.3) is 0 Å². The van der Waals surface area contributed by atoms with Gasteiger partial charge in [-0.25, -0.2) is 0 Å². The Morgan fingerprint density at radius 3 is 1.95 bits per heavy atom. The van der Waals surface area contributed by atoms with Gasteiger partial charge in [-0.15, -0.1) is 12.3 Å². The summed E-state index contributed by atoms with van der Waals surface area (Å²) < 4.78 is 14.1. The van der Waals surface area contributed by atoms with Crippen LogP contribution in [-0.4, -0.2) is 38.7 Å². The Kier molecular flexibility index (Phi) is 8.06. The number of terminal acetylenes is 1. The average molecular weight is 284 g/mol. The van der Waals surface area contributed by atoms with Gasteiger partial charge in [0.15, 0.2) is 5.92 Å². The van der Waals surface area contributed by atoms with Crippen molar-refractivity contribution in [3.8, 4) is 12.3 Å². The molecule has 112 valence electrons. The lowest BCUT2D eigenvalue weighted by Crippen LogP contribution is -2.38. The highest BCUT2D eigenvalue weighted by atomic mass is 16.5. The third-order valence-electron chi connectivity index (χ3n) is 3.00. The first-order valence-corrected chi connectivity index (χ1v) is 6.20. The van der Waals surface area contributed by atoms with Crippen molar-refractivity contribution in [3.63, 3.8) is 0 Å². The van der Waals surface area contributed by atoms with E-state index in [1.165, 1.54) is 0 Å². The van der Waals surface area contributed by atoms with Crippen LogP contribution in [0, 0.1) is 30.1 Å². The van der Waals surface area contributed by atoms with E-state index in [4.69, 9.17) is 11.2 Å². The second kappa shape index (κ2) is 8.97. The molecule has 0 aliphatic rings. The molecule has 0 fully saturated rings. The summed E-state index contributed by atoms with van der Waals surface area (Å²) in [5.41, 5.74) is 0. The highest BCUT2D eigenvalue weighted by Gasteiger charge is 2.41. The molecule has 6 heteroatoms. The van der Waals surface area contributed by atoms with Crippen LogP contribution in [0.3, 0.4) is 0 Å². The number of hydrogen-bond donors (Lipinski definition) is 0. The molecule has 0 aliphatic carbocycles. The van der Waals surface area contributed by atoms with E-state index in [0.29, 0.717) is 0 Å². The van der Waals surface area contributed by atoms with Gasteiger partial charge in [0.2, 0.25) is 0 Å². The molecule has 0 aromatic rings. The molecule has 20 heavy (non-hydrogen) atoms. The molecule has 0 heterocycles. The van der Waals surface area contributed by atoms with Gasteiger partial charge in [0.1, 0.15) is 0 Å². The highest BCUT2D eigenvalue weighted by Crippen LogP contribution is 2.27. The van der Waals surface area contributed by atoms with Crippen molar-refractivity contribution < 1.29 is 28.6 Å². The molecular formula is C14H20O6. The smallest absolute Gasteiger partial charge is 0.320 e. The van der Waals surface area contributed by atoms with Gasteiger partial charge in [0, 0.05) is 6.42 Å². The summed E-state index contributed by atoms with van der Waals surface area (Å²) in [5.74, 6) is -2.41. The van der Waals surface area contributed by atoms with Crippen LogP contribution in [0.5, 0.6) is 0 Å². The van der Waals surface area contributed by atoms with Gasteiger partial charge < -0.3 is 14.2 Å². The molecule has 0 aromatic carbocycles. The fourth-order valence-corrected chi connectivity index (χ4v) is 1.87. The molecule has 0 saturated heterocycles. The lowest BCUT2D eigenvalue weighted by Gasteiger charge is -2.25. The topological polar surface area (TPSA) is 78.9 Å². The fraction of sp³-hybridized carbons (Fsp3) is 0.643. The van der Waals surface area contributed by atoms with E-state index in [-0.39, 0.29) is 13.0 Å². The largest absolute Gasteiger partial charge is 0.468 e. The predicted octanol–water partition coefficient (Wildman–Crippen LogP) is 0.787. The number of ether oxygens (including phenoxy) is 3. The summed E-state index contributed by atoms with van der Waals surface area (Å²) in [6.45, 7) is 3.42. The molecule has 0 spiro atoms. The number of rotatable bonds is 7. The third-order valence-corrected chi connectivity index (χ3v) is 3.00. The average Bonchev–Trinajstić information content (AvgIpc) is 2.44. The first-order chi connectivity index (χ1) is 9.44. The van der Waals surface area contributed by atoms with Crippen molar-refractivity contribution in [3.05, 3.63) is 0 Å². The van der Waals surface area contributed by atoms with Crippen molar-refractivity contribution in [2.75, 3.05) is 20.8 Å². The summed E-state index contributed by atoms with van der Waals surface area (Å²) in [4.78, 5) is 35.3. The Morgan fingerprint density at radius 1 is 1.10 bits per heavy atom. The maximum Gasteiger partial charge on any atom is 0.320 e. The van der Waals surface area contributed by atoms with E-state index in [1.54, 1.807) is 13.8 Å². The quantitative estimate of drug-likeness (QED) is 0.297. The Bertz CT molecular complexity index is 379. The number of carbonyl (C=O) groups is 3. The fourth-order valence-electron chi connectivity index (χ4n) is 1.87. The van der Waals surface area contributed by atoms with Crippen LogP contribution >= 0.6 is 0 Å². The van der Waals surface area contributed by atoms with E-state index in [2.05, 4.69) is 15.4 Å². The van der Waals surface area contributed by atoms with Crippen LogP contribution in [-0.2, 0) is 28.6 Å². The van der Waals surface area contributed by atoms with Crippen LogP contribution in [0.1, 0.15) is 20.3 Å². The van der Waals surface area contributed by atoms with Crippen LogP contribution in [0.2, 0.25) is 0 Å². The van der Waals surface area contributed by atoms with Gasteiger partial charge in [0.05, 0.1) is 26.7 Å². The number of esters is 3. The Morgan fingerprint density at radius 2 is 1.60 bits per heavy atom. The van der Waals surface area contributed by atoms with Crippen molar-refractivity contribution in [1.29, 1.82) is 0 Å². The van der Waals surface area contributed by atoms with E-state index in [9.17, 15) is 14.4 Å². The summed E-state index contributed by atoms with van der Waals surface area (Å²) >= 11 is 0. The van der Waals surface area contributed by atoms with Crippen LogP contribution in [0.25, 0.3) is 0 Å². The van der Waals surface area contributed by atoms with Crippen molar-refractivity contribution >= 4 is 17.9 Å². The minimum absolute atomic E-state index is 0.0600. The van der Waals surface area contributed by atoms with E-state index in [1.807, 2.05) is 0 Å². The van der Waals surface area contributed by atoms with Crippen LogP contribution < -0.4 is 0 Å². The van der Waals surface area contributed by atoms with Gasteiger partial charge in [-0.05, 0) is 12.8 Å². The molecular weight excluding hydrogens is 264 g/mol. The molecule has 6 nitrogen and oxygen atoms in total. The zero-order valence-corrected chi connectivity index (χ0v) is 12.2. The molecule has 0 unspecified atom stereocenters. The zero-order chi connectivity index (χ0) is 15.7. The number of hydrogen-bond acceptors (Lipinski definition) is 6. The van der Waals surface area contributed by atoms with Crippen LogP contribution in [0.4, 0.5) is 0 Å². The lowest BCUT2D eigenvalue weighted by molar-refractivity contribution is -0.164. The normalized spacial score (nSPS) is 13.0. The Balaban J connectivity index is 5.30. The Hall–Kier alpha value is -2.03. The molecule has 2 atom stereocenters. The van der Waals surface area contributed by atoms with Crippen molar-refractivity contribution in [2.45, 2.75) is 20.3 Å². The van der Waals surface area contributed by atoms with E-state index >= 15 is 0 Å². The first kappa shape index (κ1) is 18.0. The molecule has 0 saturated carbocycles. The summed E-state index contributed by atoms with van der Waals surface area (Å²) in [6, 6.07) is 0. The monoisotopic (exact) mass is 284 g/mol. The van der Waals surface area contributed by atoms with Gasteiger partial charge in [-0.2, -0.15) is 0 Å². The summed E-state index contributed by atoms with van der Waals surface area (Å²) in [7, 11) is 2.32. The van der Waals surface area contributed by atoms with E-state index in [0.717, 1.165) is 14.2 Å². The minimum Gasteiger partial charge on any atom is -0.468 e. The van der Waals surface area contributed by atoms with Crippen molar-refractivity contribution in [2.24, 2.45) is 17.8 Å².